The van der Waals surface area contributed by atoms with Crippen LogP contribution in [0.1, 0.15) is 23.6 Å². The maximum Gasteiger partial charge on any atom is 0.264 e. The Hall–Kier alpha value is -2.95. The van der Waals surface area contributed by atoms with Gasteiger partial charge in [-0.05, 0) is 66.9 Å². The highest BCUT2D eigenvalue weighted by molar-refractivity contribution is 7.92. The van der Waals surface area contributed by atoms with Crippen LogP contribution in [0.4, 0.5) is 15.8 Å². The second-order valence-electron chi connectivity index (χ2n) is 10.4. The van der Waals surface area contributed by atoms with Crippen molar-refractivity contribution in [2.75, 3.05) is 48.6 Å². The van der Waals surface area contributed by atoms with Crippen LogP contribution in [0.2, 0.25) is 5.02 Å². The van der Waals surface area contributed by atoms with Crippen molar-refractivity contribution in [3.63, 3.8) is 0 Å². The first-order valence-corrected chi connectivity index (χ1v) is 15.0. The number of hydrogen-bond donors (Lipinski definition) is 2. The largest absolute Gasteiger partial charge is 0.395 e. The number of sulfonamides is 1. The molecule has 0 saturated carbocycles. The molecule has 2 aliphatic rings. The maximum absolute atomic E-state index is 14.6. The molecule has 0 spiro atoms. The van der Waals surface area contributed by atoms with Crippen LogP contribution in [0.15, 0.2) is 65.6 Å². The molecule has 40 heavy (non-hydrogen) atoms. The second-order valence-corrected chi connectivity index (χ2v) is 12.7. The van der Waals surface area contributed by atoms with Crippen molar-refractivity contribution < 1.29 is 23.0 Å². The Morgan fingerprint density at radius 1 is 1.05 bits per heavy atom. The fraction of sp³-hybridized carbons (Fsp3) is 0.333. The van der Waals surface area contributed by atoms with Gasteiger partial charge in [-0.3, -0.25) is 9.21 Å². The van der Waals surface area contributed by atoms with Gasteiger partial charge in [0.15, 0.2) is 0 Å². The number of fused-ring (bicyclic) bond motifs is 3. The molecular formula is C30H33ClFN3O4S. The van der Waals surface area contributed by atoms with E-state index in [4.69, 9.17) is 11.6 Å². The number of aryl methyl sites for hydroxylation is 1. The highest BCUT2D eigenvalue weighted by atomic mass is 35.5. The molecule has 1 saturated heterocycles. The summed E-state index contributed by atoms with van der Waals surface area (Å²) in [6, 6.07) is 16.5. The normalized spacial score (nSPS) is 18.2. The zero-order valence-corrected chi connectivity index (χ0v) is 24.0. The van der Waals surface area contributed by atoms with Gasteiger partial charge >= 0.3 is 0 Å². The monoisotopic (exact) mass is 585 g/mol. The SMILES string of the molecule is C/C(=C\c1ccc2c(c1)N(S(=O)(=O)c1cccc(C)c1)C[C@@H]1CN(C(CO)CO)CCN21)c1c(F)cccc1Cl. The number of nitrogens with zero attached hydrogens (tertiary/aromatic N) is 3. The van der Waals surface area contributed by atoms with Crippen LogP contribution in [0.25, 0.3) is 11.6 Å². The lowest BCUT2D eigenvalue weighted by atomic mass is 10.0. The summed E-state index contributed by atoms with van der Waals surface area (Å²) in [6.45, 7) is 5.22. The van der Waals surface area contributed by atoms with Gasteiger partial charge in [-0.25, -0.2) is 12.8 Å². The number of hydrogen-bond acceptors (Lipinski definition) is 6. The maximum atomic E-state index is 14.6. The van der Waals surface area contributed by atoms with Gasteiger partial charge in [0.1, 0.15) is 5.82 Å². The second kappa shape index (κ2) is 11.5. The number of benzene rings is 3. The topological polar surface area (TPSA) is 84.3 Å². The van der Waals surface area contributed by atoms with E-state index in [9.17, 15) is 23.0 Å². The van der Waals surface area contributed by atoms with Crippen LogP contribution in [-0.2, 0) is 10.0 Å². The predicted octanol–water partition coefficient (Wildman–Crippen LogP) is 4.40. The Labute approximate surface area is 239 Å². The lowest BCUT2D eigenvalue weighted by Gasteiger charge is -2.50. The van der Waals surface area contributed by atoms with Gasteiger partial charge in [-0.2, -0.15) is 0 Å². The zero-order valence-electron chi connectivity index (χ0n) is 22.5. The molecule has 10 heteroatoms. The van der Waals surface area contributed by atoms with Crippen molar-refractivity contribution in [1.29, 1.82) is 0 Å². The van der Waals surface area contributed by atoms with Crippen molar-refractivity contribution in [2.24, 2.45) is 0 Å². The Morgan fingerprint density at radius 3 is 2.50 bits per heavy atom. The molecular weight excluding hydrogens is 553 g/mol. The van der Waals surface area contributed by atoms with E-state index in [2.05, 4.69) is 4.90 Å². The Balaban J connectivity index is 1.59. The summed E-state index contributed by atoms with van der Waals surface area (Å²) in [5, 5.41) is 19.8. The Morgan fingerprint density at radius 2 is 1.80 bits per heavy atom. The van der Waals surface area contributed by atoms with Crippen molar-refractivity contribution in [2.45, 2.75) is 30.8 Å². The van der Waals surface area contributed by atoms with Crippen LogP contribution >= 0.6 is 11.6 Å². The first kappa shape index (κ1) is 28.6. The average Bonchev–Trinajstić information content (AvgIpc) is 2.93. The molecule has 1 atom stereocenters. The van der Waals surface area contributed by atoms with Crippen LogP contribution in [-0.4, -0.2) is 75.0 Å². The number of rotatable bonds is 7. The van der Waals surface area contributed by atoms with Gasteiger partial charge in [0.05, 0.1) is 53.1 Å². The van der Waals surface area contributed by atoms with Crippen LogP contribution in [0, 0.1) is 12.7 Å². The van der Waals surface area contributed by atoms with Crippen molar-refractivity contribution >= 4 is 44.6 Å². The quantitative estimate of drug-likeness (QED) is 0.400. The van der Waals surface area contributed by atoms with E-state index < -0.39 is 21.9 Å². The zero-order chi connectivity index (χ0) is 28.6. The van der Waals surface area contributed by atoms with Crippen LogP contribution < -0.4 is 9.21 Å². The van der Waals surface area contributed by atoms with Crippen LogP contribution in [0.5, 0.6) is 0 Å². The smallest absolute Gasteiger partial charge is 0.264 e. The standard InChI is InChI=1S/C30H33ClFN3O4S/c1-20-5-3-6-25(13-20)40(38,39)35-17-23-16-33(24(18-36)19-37)11-12-34(23)28-10-9-22(15-29(28)35)14-21(2)30-26(31)7-4-8-27(30)32/h3-10,13-15,23-24,36-37H,11-12,16-19H2,1-2H3/b21-14+/t23-/m0/s1. The minimum absolute atomic E-state index is 0.174. The van der Waals surface area contributed by atoms with E-state index >= 15 is 0 Å². The molecule has 2 aliphatic heterocycles. The fourth-order valence-electron chi connectivity index (χ4n) is 5.66. The van der Waals surface area contributed by atoms with E-state index in [-0.39, 0.29) is 30.7 Å². The molecule has 3 aromatic rings. The summed E-state index contributed by atoms with van der Waals surface area (Å²) in [4.78, 5) is 4.43. The van der Waals surface area contributed by atoms with E-state index in [1.54, 1.807) is 43.3 Å². The summed E-state index contributed by atoms with van der Waals surface area (Å²) in [7, 11) is -3.92. The summed E-state index contributed by atoms with van der Waals surface area (Å²) < 4.78 is 44.2. The molecule has 0 aliphatic carbocycles. The third-order valence-electron chi connectivity index (χ3n) is 7.72. The van der Waals surface area contributed by atoms with E-state index in [0.29, 0.717) is 41.5 Å². The van der Waals surface area contributed by atoms with E-state index in [1.165, 1.54) is 10.4 Å². The van der Waals surface area contributed by atoms with Gasteiger partial charge in [-0.15, -0.1) is 0 Å². The van der Waals surface area contributed by atoms with Gasteiger partial charge in [0.2, 0.25) is 0 Å². The Kier molecular flexibility index (Phi) is 8.22. The molecule has 0 unspecified atom stereocenters. The molecule has 212 valence electrons. The number of allylic oxidation sites excluding steroid dienone is 1. The highest BCUT2D eigenvalue weighted by Crippen LogP contribution is 2.41. The first-order valence-electron chi connectivity index (χ1n) is 13.2. The highest BCUT2D eigenvalue weighted by Gasteiger charge is 2.41. The van der Waals surface area contributed by atoms with Gasteiger partial charge in [0.25, 0.3) is 10.0 Å². The number of aliphatic hydroxyl groups excluding tert-OH is 2. The van der Waals surface area contributed by atoms with E-state index in [0.717, 1.165) is 16.8 Å². The van der Waals surface area contributed by atoms with Crippen molar-refractivity contribution in [3.8, 4) is 0 Å². The number of aliphatic hydroxyl groups is 2. The van der Waals surface area contributed by atoms with Gasteiger partial charge < -0.3 is 15.1 Å². The van der Waals surface area contributed by atoms with E-state index in [1.807, 2.05) is 36.1 Å². The summed E-state index contributed by atoms with van der Waals surface area (Å²) in [6.07, 6.45) is 1.80. The average molecular weight is 586 g/mol. The van der Waals surface area contributed by atoms with Gasteiger partial charge in [0, 0.05) is 25.2 Å². The van der Waals surface area contributed by atoms with Crippen molar-refractivity contribution in [1.82, 2.24) is 4.90 Å². The van der Waals surface area contributed by atoms with Gasteiger partial charge in [-0.1, -0.05) is 41.9 Å². The van der Waals surface area contributed by atoms with Crippen LogP contribution in [0.3, 0.4) is 0 Å². The third-order valence-corrected chi connectivity index (χ3v) is 9.81. The van der Waals surface area contributed by atoms with Crippen molar-refractivity contribution in [3.05, 3.63) is 88.2 Å². The summed E-state index contributed by atoms with van der Waals surface area (Å²) in [5.74, 6) is -0.423. The molecule has 5 rings (SSSR count). The third kappa shape index (κ3) is 5.36. The summed E-state index contributed by atoms with van der Waals surface area (Å²) >= 11 is 6.29. The molecule has 0 amide bonds. The Bertz CT molecular complexity index is 1520. The number of piperazine rings is 1. The number of anilines is 2. The molecule has 2 heterocycles. The summed E-state index contributed by atoms with van der Waals surface area (Å²) in [5.41, 5.74) is 3.83. The minimum Gasteiger partial charge on any atom is -0.395 e. The molecule has 7 nitrogen and oxygen atoms in total. The molecule has 0 radical (unpaired) electrons. The predicted molar refractivity (Wildman–Crippen MR) is 158 cm³/mol. The molecule has 3 aromatic carbocycles. The molecule has 0 aromatic heterocycles. The minimum atomic E-state index is -3.92. The fourth-order valence-corrected chi connectivity index (χ4v) is 7.59. The number of halogens is 2. The first-order chi connectivity index (χ1) is 19.1. The lowest BCUT2D eigenvalue weighted by molar-refractivity contribution is 0.0609. The molecule has 2 N–H and O–H groups in total. The molecule has 0 bridgehead atoms. The molecule has 1 fully saturated rings. The lowest BCUT2D eigenvalue weighted by Crippen LogP contribution is -2.63.